The highest BCUT2D eigenvalue weighted by Crippen LogP contribution is 2.29. The lowest BCUT2D eigenvalue weighted by atomic mass is 9.92. The minimum absolute atomic E-state index is 0.266. The maximum Gasteiger partial charge on any atom is 0.0624 e. The Hall–Kier alpha value is -1.02. The number of hydrogen-bond acceptors (Lipinski definition) is 1. The quantitative estimate of drug-likeness (QED) is 0.888. The molecule has 0 aliphatic rings. The van der Waals surface area contributed by atoms with Gasteiger partial charge in [0.05, 0.1) is 10.0 Å². The van der Waals surface area contributed by atoms with E-state index in [-0.39, 0.29) is 5.92 Å². The fourth-order valence-electron chi connectivity index (χ4n) is 2.03. The molecule has 0 aromatic heterocycles. The fourth-order valence-corrected chi connectivity index (χ4v) is 2.43. The number of hydrogen-bond donors (Lipinski definition) is 1. The summed E-state index contributed by atoms with van der Waals surface area (Å²) in [5.74, 6) is 0.266. The summed E-state index contributed by atoms with van der Waals surface area (Å²) in [6.07, 6.45) is 0.805. The second kappa shape index (κ2) is 6.24. The molecule has 0 fully saturated rings. The zero-order chi connectivity index (χ0) is 13.0. The second-order valence-corrected chi connectivity index (χ2v) is 5.05. The molecule has 0 heterocycles. The minimum Gasteiger partial charge on any atom is -0.330 e. The highest BCUT2D eigenvalue weighted by Gasteiger charge is 2.13. The van der Waals surface area contributed by atoms with Crippen LogP contribution in [0.1, 0.15) is 17.0 Å². The Morgan fingerprint density at radius 3 is 2.33 bits per heavy atom. The lowest BCUT2D eigenvalue weighted by Gasteiger charge is -2.16. The second-order valence-electron chi connectivity index (χ2n) is 4.26. The first-order valence-electron chi connectivity index (χ1n) is 5.90. The van der Waals surface area contributed by atoms with Gasteiger partial charge in [0, 0.05) is 5.92 Å². The summed E-state index contributed by atoms with van der Waals surface area (Å²) in [6.45, 7) is 0.590. The van der Waals surface area contributed by atoms with Gasteiger partial charge in [-0.05, 0) is 30.2 Å². The third-order valence-corrected chi connectivity index (χ3v) is 3.91. The van der Waals surface area contributed by atoms with Crippen LogP contribution in [-0.2, 0) is 6.42 Å². The Morgan fingerprint density at radius 2 is 1.67 bits per heavy atom. The molecule has 0 spiro atoms. The molecule has 0 saturated heterocycles. The van der Waals surface area contributed by atoms with Crippen molar-refractivity contribution >= 4 is 23.2 Å². The Balaban J connectivity index is 2.24. The maximum absolute atomic E-state index is 6.21. The Bertz CT molecular complexity index is 511. The van der Waals surface area contributed by atoms with Gasteiger partial charge < -0.3 is 5.73 Å². The van der Waals surface area contributed by atoms with Crippen LogP contribution in [0.4, 0.5) is 0 Å². The molecule has 18 heavy (non-hydrogen) atoms. The third kappa shape index (κ3) is 3.05. The molecule has 3 heteroatoms. The lowest BCUT2D eigenvalue weighted by molar-refractivity contribution is 0.694. The van der Waals surface area contributed by atoms with Crippen molar-refractivity contribution in [3.05, 3.63) is 69.7 Å². The molecular formula is C15H15Cl2N. The molecule has 1 unspecified atom stereocenters. The van der Waals surface area contributed by atoms with Gasteiger partial charge in [-0.25, -0.2) is 0 Å². The first-order chi connectivity index (χ1) is 8.72. The zero-order valence-corrected chi connectivity index (χ0v) is 11.5. The van der Waals surface area contributed by atoms with Crippen molar-refractivity contribution in [1.29, 1.82) is 0 Å². The molecule has 2 N–H and O–H groups in total. The van der Waals surface area contributed by atoms with Gasteiger partial charge in [-0.2, -0.15) is 0 Å². The Morgan fingerprint density at radius 1 is 0.944 bits per heavy atom. The first kappa shape index (κ1) is 13.4. The van der Waals surface area contributed by atoms with Crippen molar-refractivity contribution in [1.82, 2.24) is 0 Å². The third-order valence-electron chi connectivity index (χ3n) is 3.05. The van der Waals surface area contributed by atoms with Crippen LogP contribution in [0.15, 0.2) is 48.5 Å². The lowest BCUT2D eigenvalue weighted by Crippen LogP contribution is -2.15. The van der Waals surface area contributed by atoms with Gasteiger partial charge in [-0.1, -0.05) is 65.7 Å². The van der Waals surface area contributed by atoms with E-state index < -0.39 is 0 Å². The van der Waals surface area contributed by atoms with E-state index in [1.807, 2.05) is 30.3 Å². The molecule has 2 rings (SSSR count). The van der Waals surface area contributed by atoms with Crippen LogP contribution in [0.5, 0.6) is 0 Å². The van der Waals surface area contributed by atoms with Gasteiger partial charge >= 0.3 is 0 Å². The summed E-state index contributed by atoms with van der Waals surface area (Å²) in [6, 6.07) is 16.0. The largest absolute Gasteiger partial charge is 0.330 e. The molecule has 0 amide bonds. The molecule has 1 nitrogen and oxygen atoms in total. The Labute approximate surface area is 118 Å². The van der Waals surface area contributed by atoms with E-state index in [1.54, 1.807) is 6.07 Å². The van der Waals surface area contributed by atoms with Crippen LogP contribution in [0.3, 0.4) is 0 Å². The molecule has 0 saturated carbocycles. The molecule has 1 atom stereocenters. The van der Waals surface area contributed by atoms with Gasteiger partial charge in [-0.3, -0.25) is 0 Å². The average Bonchev–Trinajstić information content (AvgIpc) is 2.41. The topological polar surface area (TPSA) is 26.0 Å². The predicted molar refractivity (Wildman–Crippen MR) is 78.4 cm³/mol. The molecule has 0 aliphatic carbocycles. The summed E-state index contributed by atoms with van der Waals surface area (Å²) >= 11 is 12.2. The molecule has 2 aromatic carbocycles. The predicted octanol–water partition coefficient (Wildman–Crippen LogP) is 4.28. The summed E-state index contributed by atoms with van der Waals surface area (Å²) in [7, 11) is 0. The van der Waals surface area contributed by atoms with Crippen LogP contribution < -0.4 is 5.73 Å². The number of benzene rings is 2. The van der Waals surface area contributed by atoms with Crippen molar-refractivity contribution in [2.45, 2.75) is 12.3 Å². The number of halogens is 2. The standard InChI is InChI=1S/C15H15Cl2N/c16-14-8-4-7-12(15(14)17)9-13(10-18)11-5-2-1-3-6-11/h1-8,13H,9-10,18H2. The summed E-state index contributed by atoms with van der Waals surface area (Å²) in [5, 5.41) is 1.23. The van der Waals surface area contributed by atoms with Crippen molar-refractivity contribution in [2.75, 3.05) is 6.54 Å². The normalized spacial score (nSPS) is 12.4. The molecule has 94 valence electrons. The van der Waals surface area contributed by atoms with Crippen molar-refractivity contribution in [3.63, 3.8) is 0 Å². The molecule has 0 radical (unpaired) electrons. The fraction of sp³-hybridized carbons (Fsp3) is 0.200. The first-order valence-corrected chi connectivity index (χ1v) is 6.66. The van der Waals surface area contributed by atoms with E-state index in [0.717, 1.165) is 12.0 Å². The van der Waals surface area contributed by atoms with Crippen LogP contribution in [0.25, 0.3) is 0 Å². The monoisotopic (exact) mass is 279 g/mol. The molecule has 2 aromatic rings. The van der Waals surface area contributed by atoms with E-state index in [2.05, 4.69) is 12.1 Å². The molecule has 0 aliphatic heterocycles. The average molecular weight is 280 g/mol. The summed E-state index contributed by atoms with van der Waals surface area (Å²) in [4.78, 5) is 0. The maximum atomic E-state index is 6.21. The zero-order valence-electron chi connectivity index (χ0n) is 9.94. The van der Waals surface area contributed by atoms with Gasteiger partial charge in [0.25, 0.3) is 0 Å². The van der Waals surface area contributed by atoms with Crippen molar-refractivity contribution in [3.8, 4) is 0 Å². The van der Waals surface area contributed by atoms with Crippen LogP contribution in [0.2, 0.25) is 10.0 Å². The molecular weight excluding hydrogens is 265 g/mol. The van der Waals surface area contributed by atoms with Crippen LogP contribution in [-0.4, -0.2) is 6.54 Å². The van der Waals surface area contributed by atoms with Crippen LogP contribution in [0, 0.1) is 0 Å². The van der Waals surface area contributed by atoms with Crippen LogP contribution >= 0.6 is 23.2 Å². The van der Waals surface area contributed by atoms with Gasteiger partial charge in [0.2, 0.25) is 0 Å². The summed E-state index contributed by atoms with van der Waals surface area (Å²) < 4.78 is 0. The highest BCUT2D eigenvalue weighted by atomic mass is 35.5. The van der Waals surface area contributed by atoms with Gasteiger partial charge in [0.15, 0.2) is 0 Å². The van der Waals surface area contributed by atoms with E-state index in [4.69, 9.17) is 28.9 Å². The number of nitrogens with two attached hydrogens (primary N) is 1. The van der Waals surface area contributed by atoms with E-state index in [1.165, 1.54) is 5.56 Å². The van der Waals surface area contributed by atoms with E-state index >= 15 is 0 Å². The Kier molecular flexibility index (Phi) is 4.65. The highest BCUT2D eigenvalue weighted by molar-refractivity contribution is 6.42. The van der Waals surface area contributed by atoms with Crippen molar-refractivity contribution < 1.29 is 0 Å². The van der Waals surface area contributed by atoms with Gasteiger partial charge in [0.1, 0.15) is 0 Å². The van der Waals surface area contributed by atoms with Gasteiger partial charge in [-0.15, -0.1) is 0 Å². The van der Waals surface area contributed by atoms with E-state index in [9.17, 15) is 0 Å². The number of rotatable bonds is 4. The molecule has 0 bridgehead atoms. The minimum atomic E-state index is 0.266. The SMILES string of the molecule is NCC(Cc1cccc(Cl)c1Cl)c1ccccc1. The smallest absolute Gasteiger partial charge is 0.0624 e. The summed E-state index contributed by atoms with van der Waals surface area (Å²) in [5.41, 5.74) is 8.14. The van der Waals surface area contributed by atoms with Crippen molar-refractivity contribution in [2.24, 2.45) is 5.73 Å². The van der Waals surface area contributed by atoms with E-state index in [0.29, 0.717) is 16.6 Å².